The quantitative estimate of drug-likeness (QED) is 0.735. The van der Waals surface area contributed by atoms with Gasteiger partial charge in [-0.3, -0.25) is 0 Å². The number of nitrogens with one attached hydrogen (secondary N) is 1. The average Bonchev–Trinajstić information content (AvgIpc) is 2.76. The Morgan fingerprint density at radius 3 is 2.88 bits per heavy atom. The Kier molecular flexibility index (Phi) is 5.51. The molecular weight excluding hydrogens is 216 g/mol. The standard InChI is InChI=1S/C13H20N2S/c1-13(2,11-14)7-3-4-8-15-10-12-6-5-9-16-12/h5-6,9,15H,3-4,7-8,10H2,1-2H3. The summed E-state index contributed by atoms with van der Waals surface area (Å²) in [4.78, 5) is 1.39. The molecule has 0 atom stereocenters. The minimum Gasteiger partial charge on any atom is -0.312 e. The summed E-state index contributed by atoms with van der Waals surface area (Å²) in [5.74, 6) is 0. The summed E-state index contributed by atoms with van der Waals surface area (Å²) in [6.45, 7) is 6.02. The van der Waals surface area contributed by atoms with Gasteiger partial charge >= 0.3 is 0 Å². The molecule has 1 N–H and O–H groups in total. The van der Waals surface area contributed by atoms with E-state index < -0.39 is 0 Å². The van der Waals surface area contributed by atoms with E-state index in [1.54, 1.807) is 11.3 Å². The second-order valence-corrected chi connectivity index (χ2v) is 5.74. The SMILES string of the molecule is CC(C)(C#N)CCCCNCc1cccs1. The van der Waals surface area contributed by atoms with Gasteiger partial charge < -0.3 is 5.32 Å². The summed E-state index contributed by atoms with van der Waals surface area (Å²) in [5.41, 5.74) is -0.159. The highest BCUT2D eigenvalue weighted by molar-refractivity contribution is 7.09. The molecule has 0 saturated heterocycles. The van der Waals surface area contributed by atoms with Crippen LogP contribution in [-0.2, 0) is 6.54 Å². The monoisotopic (exact) mass is 236 g/mol. The van der Waals surface area contributed by atoms with Crippen LogP contribution in [0, 0.1) is 16.7 Å². The Morgan fingerprint density at radius 1 is 1.44 bits per heavy atom. The summed E-state index contributed by atoms with van der Waals surface area (Å²) in [5, 5.41) is 14.4. The molecule has 0 aromatic carbocycles. The van der Waals surface area contributed by atoms with Gasteiger partial charge in [-0.2, -0.15) is 5.26 Å². The van der Waals surface area contributed by atoms with Gasteiger partial charge in [-0.05, 0) is 44.7 Å². The van der Waals surface area contributed by atoms with Crippen molar-refractivity contribution in [2.75, 3.05) is 6.54 Å². The van der Waals surface area contributed by atoms with Gasteiger partial charge in [0.25, 0.3) is 0 Å². The van der Waals surface area contributed by atoms with E-state index in [1.807, 2.05) is 13.8 Å². The lowest BCUT2D eigenvalue weighted by atomic mass is 9.89. The van der Waals surface area contributed by atoms with Crippen LogP contribution in [0.25, 0.3) is 0 Å². The van der Waals surface area contributed by atoms with Crippen LogP contribution in [-0.4, -0.2) is 6.54 Å². The van der Waals surface area contributed by atoms with Crippen LogP contribution in [0.2, 0.25) is 0 Å². The molecule has 0 aliphatic heterocycles. The largest absolute Gasteiger partial charge is 0.312 e. The molecule has 0 bridgehead atoms. The lowest BCUT2D eigenvalue weighted by Gasteiger charge is -2.14. The molecule has 0 aliphatic rings. The van der Waals surface area contributed by atoms with E-state index in [0.717, 1.165) is 32.4 Å². The molecule has 0 unspecified atom stereocenters. The highest BCUT2D eigenvalue weighted by atomic mass is 32.1. The molecule has 0 fully saturated rings. The van der Waals surface area contributed by atoms with Crippen LogP contribution in [0.15, 0.2) is 17.5 Å². The Bertz CT molecular complexity index is 322. The second kappa shape index (κ2) is 6.67. The number of unbranched alkanes of at least 4 members (excludes halogenated alkanes) is 1. The van der Waals surface area contributed by atoms with Crippen molar-refractivity contribution in [3.8, 4) is 6.07 Å². The zero-order valence-electron chi connectivity index (χ0n) is 10.1. The van der Waals surface area contributed by atoms with E-state index in [2.05, 4.69) is 28.9 Å². The summed E-state index contributed by atoms with van der Waals surface area (Å²) < 4.78 is 0. The second-order valence-electron chi connectivity index (χ2n) is 4.71. The van der Waals surface area contributed by atoms with Crippen LogP contribution in [0.4, 0.5) is 0 Å². The Labute approximate surface area is 102 Å². The molecule has 1 aromatic heterocycles. The summed E-state index contributed by atoms with van der Waals surface area (Å²) in [6, 6.07) is 6.57. The first kappa shape index (κ1) is 13.2. The van der Waals surface area contributed by atoms with E-state index in [-0.39, 0.29) is 5.41 Å². The van der Waals surface area contributed by atoms with Gasteiger partial charge in [0.15, 0.2) is 0 Å². The number of nitriles is 1. The molecule has 3 heteroatoms. The predicted molar refractivity (Wildman–Crippen MR) is 69.3 cm³/mol. The summed E-state index contributed by atoms with van der Waals surface area (Å²) in [6.07, 6.45) is 3.26. The van der Waals surface area contributed by atoms with Gasteiger partial charge in [0.2, 0.25) is 0 Å². The van der Waals surface area contributed by atoms with Crippen LogP contribution in [0.1, 0.15) is 38.0 Å². The fraction of sp³-hybridized carbons (Fsp3) is 0.615. The third-order valence-corrected chi connectivity index (χ3v) is 3.46. The first-order valence-electron chi connectivity index (χ1n) is 5.78. The fourth-order valence-electron chi connectivity index (χ4n) is 1.50. The molecule has 1 heterocycles. The van der Waals surface area contributed by atoms with E-state index in [1.165, 1.54) is 4.88 Å². The first-order chi connectivity index (χ1) is 7.64. The van der Waals surface area contributed by atoms with Crippen molar-refractivity contribution in [1.82, 2.24) is 5.32 Å². The third-order valence-electron chi connectivity index (χ3n) is 2.59. The molecule has 0 radical (unpaired) electrons. The van der Waals surface area contributed by atoms with Gasteiger partial charge in [-0.15, -0.1) is 11.3 Å². The molecule has 1 aromatic rings. The average molecular weight is 236 g/mol. The maximum Gasteiger partial charge on any atom is 0.0683 e. The zero-order chi connectivity index (χ0) is 11.9. The molecule has 0 spiro atoms. The Balaban J connectivity index is 1.99. The summed E-state index contributed by atoms with van der Waals surface area (Å²) >= 11 is 1.79. The van der Waals surface area contributed by atoms with Gasteiger partial charge in [-0.1, -0.05) is 12.5 Å². The van der Waals surface area contributed by atoms with Crippen molar-refractivity contribution < 1.29 is 0 Å². The molecule has 0 aliphatic carbocycles. The number of hydrogen-bond donors (Lipinski definition) is 1. The molecule has 0 amide bonds. The Morgan fingerprint density at radius 2 is 2.25 bits per heavy atom. The van der Waals surface area contributed by atoms with Crippen molar-refractivity contribution in [2.24, 2.45) is 5.41 Å². The molecule has 16 heavy (non-hydrogen) atoms. The van der Waals surface area contributed by atoms with Crippen LogP contribution in [0.3, 0.4) is 0 Å². The number of hydrogen-bond acceptors (Lipinski definition) is 3. The van der Waals surface area contributed by atoms with Crippen molar-refractivity contribution in [2.45, 2.75) is 39.7 Å². The van der Waals surface area contributed by atoms with E-state index >= 15 is 0 Å². The van der Waals surface area contributed by atoms with E-state index in [0.29, 0.717) is 0 Å². The minimum absolute atomic E-state index is 0.159. The van der Waals surface area contributed by atoms with E-state index in [9.17, 15) is 0 Å². The predicted octanol–water partition coefficient (Wildman–Crippen LogP) is 3.56. The smallest absolute Gasteiger partial charge is 0.0683 e. The Hall–Kier alpha value is -0.850. The van der Waals surface area contributed by atoms with Crippen LogP contribution >= 0.6 is 11.3 Å². The van der Waals surface area contributed by atoms with Gasteiger partial charge in [0.05, 0.1) is 11.5 Å². The maximum absolute atomic E-state index is 8.86. The van der Waals surface area contributed by atoms with Crippen molar-refractivity contribution in [3.05, 3.63) is 22.4 Å². The van der Waals surface area contributed by atoms with Gasteiger partial charge in [-0.25, -0.2) is 0 Å². The molecule has 0 saturated carbocycles. The number of thiophene rings is 1. The first-order valence-corrected chi connectivity index (χ1v) is 6.66. The minimum atomic E-state index is -0.159. The molecule has 1 rings (SSSR count). The molecule has 88 valence electrons. The lowest BCUT2D eigenvalue weighted by molar-refractivity contribution is 0.422. The highest BCUT2D eigenvalue weighted by Gasteiger charge is 2.14. The lowest BCUT2D eigenvalue weighted by Crippen LogP contribution is -2.15. The number of rotatable bonds is 7. The highest BCUT2D eigenvalue weighted by Crippen LogP contribution is 2.21. The van der Waals surface area contributed by atoms with Crippen LogP contribution in [0.5, 0.6) is 0 Å². The van der Waals surface area contributed by atoms with E-state index in [4.69, 9.17) is 5.26 Å². The molecule has 2 nitrogen and oxygen atoms in total. The van der Waals surface area contributed by atoms with Crippen molar-refractivity contribution in [3.63, 3.8) is 0 Å². The molecular formula is C13H20N2S. The van der Waals surface area contributed by atoms with Gasteiger partial charge in [0.1, 0.15) is 0 Å². The summed E-state index contributed by atoms with van der Waals surface area (Å²) in [7, 11) is 0. The normalized spacial score (nSPS) is 11.3. The van der Waals surface area contributed by atoms with Crippen molar-refractivity contribution in [1.29, 1.82) is 5.26 Å². The van der Waals surface area contributed by atoms with Gasteiger partial charge in [0, 0.05) is 11.4 Å². The van der Waals surface area contributed by atoms with Crippen molar-refractivity contribution >= 4 is 11.3 Å². The maximum atomic E-state index is 8.86. The zero-order valence-corrected chi connectivity index (χ0v) is 10.9. The van der Waals surface area contributed by atoms with Crippen LogP contribution < -0.4 is 5.32 Å². The number of nitrogens with zero attached hydrogens (tertiary/aromatic N) is 1. The topological polar surface area (TPSA) is 35.8 Å². The third kappa shape index (κ3) is 5.29. The fourth-order valence-corrected chi connectivity index (χ4v) is 2.17.